The Kier molecular flexibility index (Phi) is 6.27. The van der Waals surface area contributed by atoms with E-state index >= 15 is 0 Å². The van der Waals surface area contributed by atoms with Crippen LogP contribution in [0.15, 0.2) is 12.1 Å². The number of rotatable bonds is 3. The van der Waals surface area contributed by atoms with Gasteiger partial charge in [-0.3, -0.25) is 4.79 Å². The predicted octanol–water partition coefficient (Wildman–Crippen LogP) is 2.44. The van der Waals surface area contributed by atoms with Crippen LogP contribution in [0.1, 0.15) is 17.7 Å². The van der Waals surface area contributed by atoms with Crippen molar-refractivity contribution in [2.45, 2.75) is 19.4 Å². The number of hydrogen-bond donors (Lipinski definition) is 2. The Morgan fingerprint density at radius 2 is 2.41 bits per heavy atom. The van der Waals surface area contributed by atoms with Crippen molar-refractivity contribution in [3.05, 3.63) is 21.3 Å². The van der Waals surface area contributed by atoms with Gasteiger partial charge in [0.15, 0.2) is 0 Å². The lowest BCUT2D eigenvalue weighted by Crippen LogP contribution is -2.40. The summed E-state index contributed by atoms with van der Waals surface area (Å²) in [6, 6.07) is 3.81. The second kappa shape index (κ2) is 7.21. The predicted molar refractivity (Wildman–Crippen MR) is 74.0 cm³/mol. The fourth-order valence-electron chi connectivity index (χ4n) is 1.84. The molecule has 0 aromatic carbocycles. The molecule has 1 unspecified atom stereocenters. The van der Waals surface area contributed by atoms with Crippen LogP contribution in [0, 0.1) is 5.92 Å². The topological polar surface area (TPSA) is 41.1 Å². The Bertz CT molecular complexity index is 364. The summed E-state index contributed by atoms with van der Waals surface area (Å²) < 4.78 is 0.767. The van der Waals surface area contributed by atoms with Crippen LogP contribution in [-0.2, 0) is 11.3 Å². The summed E-state index contributed by atoms with van der Waals surface area (Å²) >= 11 is 7.33. The van der Waals surface area contributed by atoms with Gasteiger partial charge in [0.05, 0.1) is 16.8 Å². The van der Waals surface area contributed by atoms with Crippen LogP contribution in [-0.4, -0.2) is 19.0 Å². The van der Waals surface area contributed by atoms with Crippen LogP contribution in [0.2, 0.25) is 4.34 Å². The van der Waals surface area contributed by atoms with Gasteiger partial charge in [0.1, 0.15) is 0 Å². The molecule has 1 amide bonds. The molecule has 1 aromatic heterocycles. The normalized spacial score (nSPS) is 19.5. The molecule has 1 aromatic rings. The van der Waals surface area contributed by atoms with Crippen molar-refractivity contribution in [1.82, 2.24) is 10.6 Å². The first kappa shape index (κ1) is 14.8. The van der Waals surface area contributed by atoms with E-state index in [0.29, 0.717) is 6.54 Å². The second-order valence-corrected chi connectivity index (χ2v) is 5.77. The van der Waals surface area contributed by atoms with Crippen molar-refractivity contribution >= 4 is 41.3 Å². The zero-order valence-electron chi connectivity index (χ0n) is 9.37. The molecule has 0 radical (unpaired) electrons. The monoisotopic (exact) mass is 294 g/mol. The quantitative estimate of drug-likeness (QED) is 0.899. The third-order valence-electron chi connectivity index (χ3n) is 2.73. The zero-order chi connectivity index (χ0) is 11.4. The van der Waals surface area contributed by atoms with E-state index in [1.807, 2.05) is 12.1 Å². The Morgan fingerprint density at radius 3 is 3.00 bits per heavy atom. The minimum absolute atomic E-state index is 0. The maximum absolute atomic E-state index is 11.8. The number of thiophene rings is 1. The summed E-state index contributed by atoms with van der Waals surface area (Å²) in [5, 5.41) is 6.19. The molecule has 2 N–H and O–H groups in total. The summed E-state index contributed by atoms with van der Waals surface area (Å²) in [7, 11) is 0. The molecule has 96 valence electrons. The number of hydrogen-bond acceptors (Lipinski definition) is 3. The van der Waals surface area contributed by atoms with Gasteiger partial charge in [-0.05, 0) is 31.5 Å². The van der Waals surface area contributed by atoms with Gasteiger partial charge in [0.2, 0.25) is 5.91 Å². The number of halogens is 2. The van der Waals surface area contributed by atoms with Gasteiger partial charge in [0, 0.05) is 11.4 Å². The fourth-order valence-corrected chi connectivity index (χ4v) is 2.87. The highest BCUT2D eigenvalue weighted by atomic mass is 35.5. The molecule has 17 heavy (non-hydrogen) atoms. The highest BCUT2D eigenvalue weighted by Crippen LogP contribution is 2.21. The van der Waals surface area contributed by atoms with E-state index < -0.39 is 0 Å². The van der Waals surface area contributed by atoms with Crippen LogP contribution < -0.4 is 10.6 Å². The summed E-state index contributed by atoms with van der Waals surface area (Å²) in [4.78, 5) is 12.9. The van der Waals surface area contributed by atoms with E-state index in [4.69, 9.17) is 11.6 Å². The molecule has 0 saturated carbocycles. The summed E-state index contributed by atoms with van der Waals surface area (Å²) in [5.41, 5.74) is 0. The molecule has 1 saturated heterocycles. The highest BCUT2D eigenvalue weighted by Gasteiger charge is 2.20. The second-order valence-electron chi connectivity index (χ2n) is 3.97. The van der Waals surface area contributed by atoms with Gasteiger partial charge in [-0.25, -0.2) is 0 Å². The third kappa shape index (κ3) is 4.47. The average molecular weight is 295 g/mol. The van der Waals surface area contributed by atoms with Crippen LogP contribution in [0.5, 0.6) is 0 Å². The van der Waals surface area contributed by atoms with Crippen LogP contribution in [0.25, 0.3) is 0 Å². The Morgan fingerprint density at radius 1 is 1.59 bits per heavy atom. The number of piperidine rings is 1. The first-order valence-electron chi connectivity index (χ1n) is 5.48. The van der Waals surface area contributed by atoms with Crippen LogP contribution >= 0.6 is 35.3 Å². The minimum atomic E-state index is 0. The molecule has 0 aliphatic carbocycles. The van der Waals surface area contributed by atoms with Gasteiger partial charge in [-0.2, -0.15) is 0 Å². The van der Waals surface area contributed by atoms with E-state index in [0.717, 1.165) is 35.1 Å². The van der Waals surface area contributed by atoms with E-state index in [9.17, 15) is 4.79 Å². The van der Waals surface area contributed by atoms with Crippen molar-refractivity contribution in [2.75, 3.05) is 13.1 Å². The number of amides is 1. The lowest BCUT2D eigenvalue weighted by atomic mass is 9.99. The zero-order valence-corrected chi connectivity index (χ0v) is 11.8. The van der Waals surface area contributed by atoms with E-state index in [1.54, 1.807) is 0 Å². The van der Waals surface area contributed by atoms with Gasteiger partial charge < -0.3 is 10.6 Å². The van der Waals surface area contributed by atoms with Crippen molar-refractivity contribution < 1.29 is 4.79 Å². The van der Waals surface area contributed by atoms with Gasteiger partial charge >= 0.3 is 0 Å². The van der Waals surface area contributed by atoms with Crippen molar-refractivity contribution in [2.24, 2.45) is 5.92 Å². The first-order chi connectivity index (χ1) is 7.75. The molecule has 1 aliphatic rings. The summed E-state index contributed by atoms with van der Waals surface area (Å²) in [6.07, 6.45) is 2.08. The molecular formula is C11H16Cl2N2OS. The lowest BCUT2D eigenvalue weighted by Gasteiger charge is -2.21. The Hall–Kier alpha value is -0.290. The molecule has 0 spiro atoms. The molecule has 3 nitrogen and oxygen atoms in total. The molecule has 6 heteroatoms. The number of nitrogens with one attached hydrogen (secondary N) is 2. The molecule has 0 bridgehead atoms. The summed E-state index contributed by atoms with van der Waals surface area (Å²) in [5.74, 6) is 0.279. The highest BCUT2D eigenvalue weighted by molar-refractivity contribution is 7.16. The third-order valence-corrected chi connectivity index (χ3v) is 3.96. The molecule has 1 aliphatic heterocycles. The first-order valence-corrected chi connectivity index (χ1v) is 6.68. The number of carbonyl (C=O) groups is 1. The van der Waals surface area contributed by atoms with E-state index in [-0.39, 0.29) is 24.2 Å². The Labute approximate surface area is 116 Å². The van der Waals surface area contributed by atoms with Crippen LogP contribution in [0.3, 0.4) is 0 Å². The maximum atomic E-state index is 11.8. The smallest absolute Gasteiger partial charge is 0.224 e. The largest absolute Gasteiger partial charge is 0.351 e. The fraction of sp³-hybridized carbons (Fsp3) is 0.545. The van der Waals surface area contributed by atoms with Crippen molar-refractivity contribution in [3.8, 4) is 0 Å². The molecule has 2 rings (SSSR count). The molecular weight excluding hydrogens is 279 g/mol. The minimum Gasteiger partial charge on any atom is -0.351 e. The average Bonchev–Trinajstić information content (AvgIpc) is 2.73. The van der Waals surface area contributed by atoms with Crippen molar-refractivity contribution in [1.29, 1.82) is 0 Å². The van der Waals surface area contributed by atoms with Gasteiger partial charge in [-0.1, -0.05) is 11.6 Å². The summed E-state index contributed by atoms with van der Waals surface area (Å²) in [6.45, 7) is 2.42. The Balaban J connectivity index is 0.00000144. The van der Waals surface area contributed by atoms with Gasteiger partial charge in [-0.15, -0.1) is 23.7 Å². The molecule has 1 atom stereocenters. The maximum Gasteiger partial charge on any atom is 0.224 e. The SMILES string of the molecule is Cl.O=C(NCc1ccc(Cl)s1)C1CCCNC1. The van der Waals surface area contributed by atoms with E-state index in [2.05, 4.69) is 10.6 Å². The van der Waals surface area contributed by atoms with E-state index in [1.165, 1.54) is 11.3 Å². The van der Waals surface area contributed by atoms with Gasteiger partial charge in [0.25, 0.3) is 0 Å². The number of carbonyl (C=O) groups excluding carboxylic acids is 1. The standard InChI is InChI=1S/C11H15ClN2OS.ClH/c12-10-4-3-9(16-10)7-14-11(15)8-2-1-5-13-6-8;/h3-4,8,13H,1-2,5-7H2,(H,14,15);1H. The molecule has 1 fully saturated rings. The lowest BCUT2D eigenvalue weighted by molar-refractivity contribution is -0.125. The van der Waals surface area contributed by atoms with Crippen LogP contribution in [0.4, 0.5) is 0 Å². The van der Waals surface area contributed by atoms with Crippen molar-refractivity contribution in [3.63, 3.8) is 0 Å². The molecule has 2 heterocycles.